The third-order valence-corrected chi connectivity index (χ3v) is 3.02. The molecule has 0 N–H and O–H groups in total. The molecule has 0 amide bonds. The first-order chi connectivity index (χ1) is 5.57. The number of rotatable bonds is 0. The lowest BCUT2D eigenvalue weighted by atomic mass is 9.79. The van der Waals surface area contributed by atoms with Crippen LogP contribution in [0.5, 0.6) is 0 Å². The second kappa shape index (κ2) is 2.38. The Balaban J connectivity index is 2.18. The van der Waals surface area contributed by atoms with Gasteiger partial charge in [0, 0.05) is 18.4 Å². The minimum absolute atomic E-state index is 0.457. The largest absolute Gasteiger partial charge is 0.351 e. The Labute approximate surface area is 74.4 Å². The van der Waals surface area contributed by atoms with Crippen LogP contribution in [0.1, 0.15) is 26.5 Å². The van der Waals surface area contributed by atoms with Gasteiger partial charge in [0.1, 0.15) is 0 Å². The molecule has 1 aromatic heterocycles. The summed E-state index contributed by atoms with van der Waals surface area (Å²) in [5, 5.41) is 0. The first-order valence-corrected chi connectivity index (χ1v) is 4.71. The summed E-state index contributed by atoms with van der Waals surface area (Å²) in [7, 11) is 0. The van der Waals surface area contributed by atoms with Crippen LogP contribution in [0.4, 0.5) is 0 Å². The number of fused-ring (bicyclic) bond motifs is 1. The Bertz CT molecular complexity index is 257. The minimum atomic E-state index is 0.457. The van der Waals surface area contributed by atoms with Crippen LogP contribution in [0.2, 0.25) is 0 Å². The second-order valence-corrected chi connectivity index (χ2v) is 4.92. The molecule has 12 heavy (non-hydrogen) atoms. The second-order valence-electron chi connectivity index (χ2n) is 4.92. The van der Waals surface area contributed by atoms with E-state index in [1.807, 2.05) is 0 Å². The van der Waals surface area contributed by atoms with Crippen molar-refractivity contribution in [1.29, 1.82) is 0 Å². The Morgan fingerprint density at radius 2 is 2.17 bits per heavy atom. The Hall–Kier alpha value is -0.720. The molecule has 0 fully saturated rings. The van der Waals surface area contributed by atoms with Crippen molar-refractivity contribution in [3.63, 3.8) is 0 Å². The van der Waals surface area contributed by atoms with Crippen LogP contribution in [0, 0.1) is 11.3 Å². The van der Waals surface area contributed by atoms with Gasteiger partial charge in [0.15, 0.2) is 0 Å². The van der Waals surface area contributed by atoms with E-state index < -0.39 is 0 Å². The Morgan fingerprint density at radius 1 is 1.42 bits per heavy atom. The molecule has 0 radical (unpaired) electrons. The zero-order valence-electron chi connectivity index (χ0n) is 8.17. The summed E-state index contributed by atoms with van der Waals surface area (Å²) in [6.07, 6.45) is 3.46. The molecule has 0 aromatic carbocycles. The fourth-order valence-corrected chi connectivity index (χ4v) is 1.95. The molecule has 0 bridgehead atoms. The molecule has 0 saturated carbocycles. The molecule has 2 heterocycles. The predicted octanol–water partition coefficient (Wildman–Crippen LogP) is 2.71. The van der Waals surface area contributed by atoms with Crippen molar-refractivity contribution in [1.82, 2.24) is 4.57 Å². The predicted molar refractivity (Wildman–Crippen MR) is 51.1 cm³/mol. The molecule has 1 aromatic rings. The summed E-state index contributed by atoms with van der Waals surface area (Å²) in [5.41, 5.74) is 1.97. The van der Waals surface area contributed by atoms with Gasteiger partial charge in [-0.15, -0.1) is 0 Å². The van der Waals surface area contributed by atoms with E-state index in [4.69, 9.17) is 0 Å². The first kappa shape index (κ1) is 7.90. The molecule has 2 rings (SSSR count). The van der Waals surface area contributed by atoms with Gasteiger partial charge in [0.05, 0.1) is 0 Å². The molecule has 1 nitrogen and oxygen atoms in total. The van der Waals surface area contributed by atoms with Crippen molar-refractivity contribution >= 4 is 0 Å². The molecule has 1 heteroatoms. The van der Waals surface area contributed by atoms with E-state index in [0.29, 0.717) is 5.41 Å². The van der Waals surface area contributed by atoms with Gasteiger partial charge in [-0.3, -0.25) is 0 Å². The van der Waals surface area contributed by atoms with Crippen molar-refractivity contribution in [2.45, 2.75) is 33.7 Å². The number of hydrogen-bond donors (Lipinski definition) is 0. The van der Waals surface area contributed by atoms with E-state index >= 15 is 0 Å². The lowest BCUT2D eigenvalue weighted by Crippen LogP contribution is -2.21. The van der Waals surface area contributed by atoms with Gasteiger partial charge >= 0.3 is 0 Å². The van der Waals surface area contributed by atoms with Crippen LogP contribution in [-0.4, -0.2) is 4.57 Å². The van der Waals surface area contributed by atoms with Gasteiger partial charge in [-0.2, -0.15) is 0 Å². The quantitative estimate of drug-likeness (QED) is 0.554. The highest BCUT2D eigenvalue weighted by molar-refractivity contribution is 5.12. The Kier molecular flexibility index (Phi) is 1.57. The maximum Gasteiger partial charge on any atom is 0.0259 e. The average molecular weight is 163 g/mol. The summed E-state index contributed by atoms with van der Waals surface area (Å²) >= 11 is 0. The maximum absolute atomic E-state index is 2.38. The van der Waals surface area contributed by atoms with Crippen molar-refractivity contribution in [2.24, 2.45) is 11.3 Å². The van der Waals surface area contributed by atoms with Gasteiger partial charge in [0.2, 0.25) is 0 Å². The van der Waals surface area contributed by atoms with E-state index in [1.54, 1.807) is 0 Å². The van der Waals surface area contributed by atoms with Crippen LogP contribution in [-0.2, 0) is 13.0 Å². The van der Waals surface area contributed by atoms with Crippen LogP contribution in [0.15, 0.2) is 18.3 Å². The molecule has 66 valence electrons. The standard InChI is InChI=1S/C11H17N/c1-11(2,3)9-7-10-5-4-6-12(10)8-9/h4-6,9H,7-8H2,1-3H3. The summed E-state index contributed by atoms with van der Waals surface area (Å²) in [5.74, 6) is 0.827. The van der Waals surface area contributed by atoms with Crippen molar-refractivity contribution in [3.05, 3.63) is 24.0 Å². The summed E-state index contributed by atoms with van der Waals surface area (Å²) < 4.78 is 2.38. The zero-order chi connectivity index (χ0) is 8.77. The summed E-state index contributed by atoms with van der Waals surface area (Å²) in [6.45, 7) is 8.23. The normalized spacial score (nSPS) is 22.8. The monoisotopic (exact) mass is 163 g/mol. The lowest BCUT2D eigenvalue weighted by Gasteiger charge is -2.26. The number of nitrogens with zero attached hydrogens (tertiary/aromatic N) is 1. The van der Waals surface area contributed by atoms with Gasteiger partial charge in [0.25, 0.3) is 0 Å². The third kappa shape index (κ3) is 1.17. The van der Waals surface area contributed by atoms with E-state index in [9.17, 15) is 0 Å². The highest BCUT2D eigenvalue weighted by Gasteiger charge is 2.30. The first-order valence-electron chi connectivity index (χ1n) is 4.71. The van der Waals surface area contributed by atoms with E-state index in [-0.39, 0.29) is 0 Å². The van der Waals surface area contributed by atoms with Gasteiger partial charge in [-0.1, -0.05) is 20.8 Å². The van der Waals surface area contributed by atoms with Gasteiger partial charge in [-0.05, 0) is 29.9 Å². The highest BCUT2D eigenvalue weighted by Crippen LogP contribution is 2.34. The number of hydrogen-bond acceptors (Lipinski definition) is 0. The summed E-state index contributed by atoms with van der Waals surface area (Å²) in [4.78, 5) is 0. The molecule has 1 atom stereocenters. The number of aromatic nitrogens is 1. The van der Waals surface area contributed by atoms with Crippen LogP contribution in [0.3, 0.4) is 0 Å². The highest BCUT2D eigenvalue weighted by atomic mass is 15.0. The third-order valence-electron chi connectivity index (χ3n) is 3.02. The van der Waals surface area contributed by atoms with Crippen LogP contribution in [0.25, 0.3) is 0 Å². The Morgan fingerprint density at radius 3 is 2.75 bits per heavy atom. The van der Waals surface area contributed by atoms with Crippen LogP contribution >= 0.6 is 0 Å². The van der Waals surface area contributed by atoms with Gasteiger partial charge < -0.3 is 4.57 Å². The molecule has 0 spiro atoms. The molecule has 1 aliphatic heterocycles. The van der Waals surface area contributed by atoms with Crippen molar-refractivity contribution in [2.75, 3.05) is 0 Å². The smallest absolute Gasteiger partial charge is 0.0259 e. The fourth-order valence-electron chi connectivity index (χ4n) is 1.95. The van der Waals surface area contributed by atoms with E-state index in [1.165, 1.54) is 18.7 Å². The molecule has 0 saturated heterocycles. The lowest BCUT2D eigenvalue weighted by molar-refractivity contribution is 0.237. The van der Waals surface area contributed by atoms with Crippen LogP contribution < -0.4 is 0 Å². The summed E-state index contributed by atoms with van der Waals surface area (Å²) in [6, 6.07) is 4.39. The SMILES string of the molecule is CC(C)(C)C1Cc2cccn2C1. The minimum Gasteiger partial charge on any atom is -0.351 e. The van der Waals surface area contributed by atoms with E-state index in [2.05, 4.69) is 43.7 Å². The molecule has 1 unspecified atom stereocenters. The molecule has 1 aliphatic rings. The maximum atomic E-state index is 2.38. The molecule has 0 aliphatic carbocycles. The van der Waals surface area contributed by atoms with Gasteiger partial charge in [-0.25, -0.2) is 0 Å². The van der Waals surface area contributed by atoms with E-state index in [0.717, 1.165) is 5.92 Å². The van der Waals surface area contributed by atoms with Crippen molar-refractivity contribution in [3.8, 4) is 0 Å². The zero-order valence-corrected chi connectivity index (χ0v) is 8.17. The fraction of sp³-hybridized carbons (Fsp3) is 0.636. The molecular weight excluding hydrogens is 146 g/mol. The van der Waals surface area contributed by atoms with Crippen molar-refractivity contribution < 1.29 is 0 Å². The average Bonchev–Trinajstić information content (AvgIpc) is 2.37. The topological polar surface area (TPSA) is 4.93 Å². The molecular formula is C11H17N.